The molecule has 0 saturated carbocycles. The van der Waals surface area contributed by atoms with E-state index in [0.717, 1.165) is 34.1 Å². The molecule has 2 aliphatic heterocycles. The van der Waals surface area contributed by atoms with Crippen molar-refractivity contribution in [2.45, 2.75) is 45.6 Å². The molecule has 2 atom stereocenters. The van der Waals surface area contributed by atoms with E-state index in [2.05, 4.69) is 12.2 Å². The standard InChI is InChI=1S/C24H23N3O5/c1-4-13-14-7-5-6-8-18(14)26-20-16(13)10-27-19(20)9-15-17(22(27)28)11-31-24(30)21(15)32-23(29)12(2)25-3/h5-9,12,21,25H,4,10-11H2,1-3H3. The Morgan fingerprint density at radius 3 is 2.84 bits per heavy atom. The van der Waals surface area contributed by atoms with E-state index < -0.39 is 24.1 Å². The summed E-state index contributed by atoms with van der Waals surface area (Å²) >= 11 is 0. The molecule has 0 radical (unpaired) electrons. The molecule has 2 aromatic heterocycles. The van der Waals surface area contributed by atoms with Gasteiger partial charge in [-0.2, -0.15) is 0 Å². The Morgan fingerprint density at radius 1 is 1.31 bits per heavy atom. The fourth-order valence-corrected chi connectivity index (χ4v) is 4.50. The number of nitrogens with one attached hydrogen (secondary N) is 1. The second kappa shape index (κ2) is 7.56. The molecule has 164 valence electrons. The van der Waals surface area contributed by atoms with Crippen molar-refractivity contribution in [1.29, 1.82) is 0 Å². The first-order valence-electron chi connectivity index (χ1n) is 10.7. The number of cyclic esters (lactones) is 1. The minimum absolute atomic E-state index is 0.144. The summed E-state index contributed by atoms with van der Waals surface area (Å²) < 4.78 is 12.3. The van der Waals surface area contributed by atoms with Gasteiger partial charge in [-0.1, -0.05) is 25.1 Å². The van der Waals surface area contributed by atoms with Crippen molar-refractivity contribution in [3.05, 3.63) is 62.9 Å². The number of hydrogen-bond acceptors (Lipinski definition) is 7. The van der Waals surface area contributed by atoms with Gasteiger partial charge in [0.1, 0.15) is 12.6 Å². The van der Waals surface area contributed by atoms with Gasteiger partial charge in [0.05, 0.1) is 29.0 Å². The average Bonchev–Trinajstić information content (AvgIpc) is 3.17. The van der Waals surface area contributed by atoms with E-state index in [9.17, 15) is 14.4 Å². The third-order valence-corrected chi connectivity index (χ3v) is 6.33. The topological polar surface area (TPSA) is 99.5 Å². The molecular formula is C24H23N3O5. The van der Waals surface area contributed by atoms with Crippen LogP contribution in [0.4, 0.5) is 0 Å². The summed E-state index contributed by atoms with van der Waals surface area (Å²) in [6.07, 6.45) is -0.479. The van der Waals surface area contributed by atoms with Crippen LogP contribution in [0.25, 0.3) is 22.3 Å². The highest BCUT2D eigenvalue weighted by Crippen LogP contribution is 2.38. The number of nitrogens with zero attached hydrogens (tertiary/aromatic N) is 2. The predicted molar refractivity (Wildman–Crippen MR) is 117 cm³/mol. The summed E-state index contributed by atoms with van der Waals surface area (Å²) in [4.78, 5) is 43.1. The van der Waals surface area contributed by atoms with Gasteiger partial charge in [0.2, 0.25) is 6.10 Å². The molecule has 0 aliphatic carbocycles. The second-order valence-electron chi connectivity index (χ2n) is 8.08. The molecule has 2 aliphatic rings. The number of carbonyl (C=O) groups is 2. The number of carbonyl (C=O) groups excluding carboxylic acids is 2. The molecule has 0 bridgehead atoms. The number of para-hydroxylation sites is 1. The monoisotopic (exact) mass is 433 g/mol. The SMILES string of the molecule is CCc1c2c(nc3ccccc13)-c1cc3c(c(=O)n1C2)COC(=O)C3OC(=O)C(C)NC. The summed E-state index contributed by atoms with van der Waals surface area (Å²) in [6.45, 7) is 3.98. The third-order valence-electron chi connectivity index (χ3n) is 6.33. The Balaban J connectivity index is 1.69. The molecule has 0 amide bonds. The zero-order chi connectivity index (χ0) is 22.6. The lowest BCUT2D eigenvalue weighted by Crippen LogP contribution is -2.38. The van der Waals surface area contributed by atoms with Crippen LogP contribution in [0.5, 0.6) is 0 Å². The van der Waals surface area contributed by atoms with Crippen molar-refractivity contribution < 1.29 is 19.1 Å². The van der Waals surface area contributed by atoms with Gasteiger partial charge >= 0.3 is 11.9 Å². The second-order valence-corrected chi connectivity index (χ2v) is 8.08. The van der Waals surface area contributed by atoms with Crippen molar-refractivity contribution in [3.63, 3.8) is 0 Å². The van der Waals surface area contributed by atoms with Crippen LogP contribution >= 0.6 is 0 Å². The number of rotatable bonds is 4. The van der Waals surface area contributed by atoms with Crippen molar-refractivity contribution in [3.8, 4) is 11.4 Å². The summed E-state index contributed by atoms with van der Waals surface area (Å²) in [6, 6.07) is 9.07. The molecule has 1 aromatic carbocycles. The normalized spacial score (nSPS) is 17.3. The van der Waals surface area contributed by atoms with Crippen LogP contribution in [0.2, 0.25) is 0 Å². The zero-order valence-electron chi connectivity index (χ0n) is 18.1. The number of benzene rings is 1. The minimum Gasteiger partial charge on any atom is -0.458 e. The molecule has 5 rings (SSSR count). The van der Waals surface area contributed by atoms with Crippen LogP contribution in [0.1, 0.15) is 42.2 Å². The molecular weight excluding hydrogens is 410 g/mol. The number of fused-ring (bicyclic) bond motifs is 5. The van der Waals surface area contributed by atoms with Gasteiger partial charge in [-0.25, -0.2) is 9.78 Å². The van der Waals surface area contributed by atoms with Crippen LogP contribution in [0, 0.1) is 0 Å². The van der Waals surface area contributed by atoms with Crippen molar-refractivity contribution >= 4 is 22.8 Å². The van der Waals surface area contributed by atoms with Crippen LogP contribution in [-0.2, 0) is 38.6 Å². The Morgan fingerprint density at radius 2 is 2.09 bits per heavy atom. The fraction of sp³-hybridized carbons (Fsp3) is 0.333. The smallest absolute Gasteiger partial charge is 0.352 e. The molecule has 0 fully saturated rings. The van der Waals surface area contributed by atoms with E-state index >= 15 is 0 Å². The predicted octanol–water partition coefficient (Wildman–Crippen LogP) is 2.24. The molecule has 2 unspecified atom stereocenters. The fourth-order valence-electron chi connectivity index (χ4n) is 4.50. The molecule has 4 heterocycles. The maximum absolute atomic E-state index is 13.4. The zero-order valence-corrected chi connectivity index (χ0v) is 18.1. The number of hydrogen-bond donors (Lipinski definition) is 1. The maximum atomic E-state index is 13.4. The minimum atomic E-state index is -1.28. The highest BCUT2D eigenvalue weighted by Gasteiger charge is 2.38. The highest BCUT2D eigenvalue weighted by atomic mass is 16.6. The molecule has 1 N–H and O–H groups in total. The Bertz CT molecular complexity index is 1340. The molecule has 0 spiro atoms. The van der Waals surface area contributed by atoms with E-state index in [0.29, 0.717) is 23.4 Å². The third kappa shape index (κ3) is 2.94. The van der Waals surface area contributed by atoms with Crippen LogP contribution < -0.4 is 10.9 Å². The van der Waals surface area contributed by atoms with Crippen molar-refractivity contribution in [1.82, 2.24) is 14.9 Å². The number of likely N-dealkylation sites (N-methyl/N-ethyl adjacent to an activating group) is 1. The highest BCUT2D eigenvalue weighted by molar-refractivity contribution is 5.89. The lowest BCUT2D eigenvalue weighted by atomic mass is 9.97. The molecule has 3 aromatic rings. The first kappa shape index (κ1) is 20.4. The van der Waals surface area contributed by atoms with E-state index in [1.807, 2.05) is 24.3 Å². The van der Waals surface area contributed by atoms with Crippen LogP contribution in [0.15, 0.2) is 35.1 Å². The van der Waals surface area contributed by atoms with Crippen molar-refractivity contribution in [2.75, 3.05) is 7.05 Å². The van der Waals surface area contributed by atoms with Gasteiger partial charge in [0.15, 0.2) is 0 Å². The number of pyridine rings is 2. The molecule has 8 heteroatoms. The average molecular weight is 433 g/mol. The summed E-state index contributed by atoms with van der Waals surface area (Å²) in [7, 11) is 1.62. The molecule has 32 heavy (non-hydrogen) atoms. The van der Waals surface area contributed by atoms with Gasteiger partial charge < -0.3 is 19.4 Å². The summed E-state index contributed by atoms with van der Waals surface area (Å²) in [5, 5.41) is 3.86. The van der Waals surface area contributed by atoms with Gasteiger partial charge in [-0.3, -0.25) is 9.59 Å². The summed E-state index contributed by atoms with van der Waals surface area (Å²) in [5.41, 5.74) is 4.83. The van der Waals surface area contributed by atoms with Crippen molar-refractivity contribution in [2.24, 2.45) is 0 Å². The maximum Gasteiger partial charge on any atom is 0.352 e. The largest absolute Gasteiger partial charge is 0.458 e. The Kier molecular flexibility index (Phi) is 4.82. The summed E-state index contributed by atoms with van der Waals surface area (Å²) in [5.74, 6) is -1.28. The van der Waals surface area contributed by atoms with Gasteiger partial charge in [-0.15, -0.1) is 0 Å². The van der Waals surface area contributed by atoms with Crippen LogP contribution in [0.3, 0.4) is 0 Å². The molecule has 8 nitrogen and oxygen atoms in total. The number of aromatic nitrogens is 2. The first-order chi connectivity index (χ1) is 15.4. The molecule has 0 saturated heterocycles. The Hall–Kier alpha value is -3.52. The van der Waals surface area contributed by atoms with Gasteiger partial charge in [0.25, 0.3) is 5.56 Å². The number of ether oxygens (including phenoxy) is 2. The van der Waals surface area contributed by atoms with E-state index in [1.54, 1.807) is 24.6 Å². The van der Waals surface area contributed by atoms with E-state index in [-0.39, 0.29) is 12.2 Å². The number of esters is 2. The van der Waals surface area contributed by atoms with E-state index in [1.165, 1.54) is 0 Å². The Labute approximate surface area is 184 Å². The lowest BCUT2D eigenvalue weighted by molar-refractivity contribution is -0.172. The van der Waals surface area contributed by atoms with Crippen LogP contribution in [-0.4, -0.2) is 34.6 Å². The quantitative estimate of drug-likeness (QED) is 0.493. The van der Waals surface area contributed by atoms with Gasteiger partial charge in [-0.05, 0) is 38.1 Å². The van der Waals surface area contributed by atoms with E-state index in [4.69, 9.17) is 14.5 Å². The van der Waals surface area contributed by atoms with Gasteiger partial charge in [0, 0.05) is 16.5 Å². The number of aryl methyl sites for hydroxylation is 1. The first-order valence-corrected chi connectivity index (χ1v) is 10.7. The lowest BCUT2D eigenvalue weighted by Gasteiger charge is -2.26.